The Morgan fingerprint density at radius 2 is 2.21 bits per heavy atom. The highest BCUT2D eigenvalue weighted by Crippen LogP contribution is 2.16. The molecule has 0 aliphatic heterocycles. The molecule has 0 aliphatic rings. The van der Waals surface area contributed by atoms with Crippen molar-refractivity contribution in [1.29, 1.82) is 5.26 Å². The molecule has 0 spiro atoms. The van der Waals surface area contributed by atoms with Crippen LogP contribution < -0.4 is 10.1 Å². The minimum absolute atomic E-state index is 0.0543. The van der Waals surface area contributed by atoms with Crippen LogP contribution in [0.4, 0.5) is 0 Å². The van der Waals surface area contributed by atoms with E-state index in [1.165, 1.54) is 0 Å². The lowest BCUT2D eigenvalue weighted by molar-refractivity contribution is -0.123. The van der Waals surface area contributed by atoms with E-state index in [1.54, 1.807) is 36.0 Å². The fourth-order valence-corrected chi connectivity index (χ4v) is 1.97. The van der Waals surface area contributed by atoms with Crippen molar-refractivity contribution >= 4 is 17.7 Å². The molecule has 0 aromatic heterocycles. The molecule has 1 rings (SSSR count). The molecule has 1 aromatic carbocycles. The summed E-state index contributed by atoms with van der Waals surface area (Å²) >= 11 is 1.80. The summed E-state index contributed by atoms with van der Waals surface area (Å²) in [4.78, 5) is 11.5. The van der Waals surface area contributed by atoms with Crippen LogP contribution in [0.5, 0.6) is 5.75 Å². The van der Waals surface area contributed by atoms with E-state index >= 15 is 0 Å². The topological polar surface area (TPSA) is 62.1 Å². The molecule has 1 N–H and O–H groups in total. The quantitative estimate of drug-likeness (QED) is 0.740. The Balaban J connectivity index is 2.25. The maximum Gasteiger partial charge on any atom is 0.257 e. The summed E-state index contributed by atoms with van der Waals surface area (Å²) < 4.78 is 5.33. The Morgan fingerprint density at radius 3 is 2.95 bits per heavy atom. The molecule has 4 nitrogen and oxygen atoms in total. The predicted octanol–water partition coefficient (Wildman–Crippen LogP) is 2.20. The summed E-state index contributed by atoms with van der Waals surface area (Å²) in [5.41, 5.74) is 0.440. The minimum atomic E-state index is -0.156. The normalized spacial score (nSPS) is 9.68. The van der Waals surface area contributed by atoms with Crippen LogP contribution in [0, 0.1) is 11.3 Å². The van der Waals surface area contributed by atoms with Crippen molar-refractivity contribution < 1.29 is 9.53 Å². The summed E-state index contributed by atoms with van der Waals surface area (Å²) in [5.74, 6) is 1.40. The van der Waals surface area contributed by atoms with Crippen molar-refractivity contribution in [2.45, 2.75) is 12.8 Å². The Labute approximate surface area is 118 Å². The Hall–Kier alpha value is -1.67. The van der Waals surface area contributed by atoms with Gasteiger partial charge in [0.25, 0.3) is 5.91 Å². The molecule has 19 heavy (non-hydrogen) atoms. The number of para-hydroxylation sites is 1. The summed E-state index contributed by atoms with van der Waals surface area (Å²) in [6.07, 6.45) is 4.14. The van der Waals surface area contributed by atoms with Crippen LogP contribution in [0.15, 0.2) is 24.3 Å². The summed E-state index contributed by atoms with van der Waals surface area (Å²) in [7, 11) is 0. The molecule has 5 heteroatoms. The van der Waals surface area contributed by atoms with Crippen LogP contribution in [0.3, 0.4) is 0 Å². The second-order valence-electron chi connectivity index (χ2n) is 3.95. The lowest BCUT2D eigenvalue weighted by Gasteiger charge is -2.08. The van der Waals surface area contributed by atoms with Crippen LogP contribution in [0.2, 0.25) is 0 Å². The summed E-state index contributed by atoms with van der Waals surface area (Å²) in [5, 5.41) is 11.7. The van der Waals surface area contributed by atoms with Gasteiger partial charge in [-0.05, 0) is 37.0 Å². The van der Waals surface area contributed by atoms with E-state index in [0.29, 0.717) is 17.9 Å². The molecular formula is C14H18N2O2S. The number of rotatable bonds is 8. The molecule has 0 aliphatic carbocycles. The van der Waals surface area contributed by atoms with E-state index in [4.69, 9.17) is 10.00 Å². The third-order valence-electron chi connectivity index (χ3n) is 2.46. The van der Waals surface area contributed by atoms with Crippen LogP contribution in [-0.2, 0) is 4.79 Å². The number of ether oxygens (including phenoxy) is 1. The number of carbonyl (C=O) groups is 1. The molecule has 0 saturated carbocycles. The number of carbonyl (C=O) groups excluding carboxylic acids is 1. The van der Waals surface area contributed by atoms with Gasteiger partial charge in [-0.3, -0.25) is 4.79 Å². The van der Waals surface area contributed by atoms with Gasteiger partial charge in [-0.15, -0.1) is 0 Å². The van der Waals surface area contributed by atoms with Crippen LogP contribution >= 0.6 is 11.8 Å². The average Bonchev–Trinajstić information content (AvgIpc) is 2.45. The number of amides is 1. The lowest BCUT2D eigenvalue weighted by Crippen LogP contribution is -2.29. The number of nitrogens with zero attached hydrogens (tertiary/aromatic N) is 1. The van der Waals surface area contributed by atoms with Crippen molar-refractivity contribution in [3.63, 3.8) is 0 Å². The second kappa shape index (κ2) is 9.29. The van der Waals surface area contributed by atoms with Gasteiger partial charge in [0, 0.05) is 6.54 Å². The van der Waals surface area contributed by atoms with E-state index in [1.807, 2.05) is 6.07 Å². The van der Waals surface area contributed by atoms with Gasteiger partial charge in [0.15, 0.2) is 6.61 Å². The number of nitrogens with one attached hydrogen (secondary N) is 1. The summed E-state index contributed by atoms with van der Waals surface area (Å²) in [6.45, 7) is 0.615. The van der Waals surface area contributed by atoms with Crippen molar-refractivity contribution in [1.82, 2.24) is 5.32 Å². The zero-order valence-corrected chi connectivity index (χ0v) is 11.8. The number of thioether (sulfide) groups is 1. The maximum absolute atomic E-state index is 11.5. The largest absolute Gasteiger partial charge is 0.482 e. The molecule has 0 saturated heterocycles. The van der Waals surface area contributed by atoms with E-state index in [2.05, 4.69) is 11.6 Å². The zero-order chi connectivity index (χ0) is 13.9. The van der Waals surface area contributed by atoms with Gasteiger partial charge in [0.05, 0.1) is 5.56 Å². The highest BCUT2D eigenvalue weighted by molar-refractivity contribution is 7.98. The molecule has 102 valence electrons. The molecule has 0 atom stereocenters. The highest BCUT2D eigenvalue weighted by Gasteiger charge is 2.05. The molecule has 1 aromatic rings. The Morgan fingerprint density at radius 1 is 1.42 bits per heavy atom. The highest BCUT2D eigenvalue weighted by atomic mass is 32.2. The molecule has 1 amide bonds. The maximum atomic E-state index is 11.5. The second-order valence-corrected chi connectivity index (χ2v) is 4.93. The number of hydrogen-bond acceptors (Lipinski definition) is 4. The number of nitriles is 1. The number of unbranched alkanes of at least 4 members (excludes halogenated alkanes) is 1. The van der Waals surface area contributed by atoms with E-state index in [0.717, 1.165) is 18.6 Å². The minimum Gasteiger partial charge on any atom is -0.482 e. The van der Waals surface area contributed by atoms with Crippen LogP contribution in [0.25, 0.3) is 0 Å². The molecule has 0 unspecified atom stereocenters. The SMILES string of the molecule is CSCCCCNC(=O)COc1ccccc1C#N. The molecule has 0 bridgehead atoms. The molecule has 0 radical (unpaired) electrons. The first-order chi connectivity index (χ1) is 9.27. The van der Waals surface area contributed by atoms with E-state index < -0.39 is 0 Å². The van der Waals surface area contributed by atoms with Gasteiger partial charge in [-0.1, -0.05) is 12.1 Å². The predicted molar refractivity (Wildman–Crippen MR) is 77.3 cm³/mol. The third kappa shape index (κ3) is 6.16. The number of hydrogen-bond donors (Lipinski definition) is 1. The Kier molecular flexibility index (Phi) is 7.52. The standard InChI is InChI=1S/C14H18N2O2S/c1-19-9-5-4-8-16-14(17)11-18-13-7-3-2-6-12(13)10-15/h2-3,6-7H,4-5,8-9,11H2,1H3,(H,16,17). The first-order valence-electron chi connectivity index (χ1n) is 6.15. The fraction of sp³-hybridized carbons (Fsp3) is 0.429. The van der Waals surface area contributed by atoms with Crippen molar-refractivity contribution in [2.75, 3.05) is 25.2 Å². The molecular weight excluding hydrogens is 260 g/mol. The van der Waals surface area contributed by atoms with Gasteiger partial charge in [-0.25, -0.2) is 0 Å². The average molecular weight is 278 g/mol. The first-order valence-corrected chi connectivity index (χ1v) is 7.55. The van der Waals surface area contributed by atoms with Gasteiger partial charge < -0.3 is 10.1 Å². The summed E-state index contributed by atoms with van der Waals surface area (Å²) in [6, 6.07) is 8.91. The third-order valence-corrected chi connectivity index (χ3v) is 3.16. The molecule has 0 heterocycles. The monoisotopic (exact) mass is 278 g/mol. The van der Waals surface area contributed by atoms with Gasteiger partial charge in [-0.2, -0.15) is 17.0 Å². The van der Waals surface area contributed by atoms with Gasteiger partial charge >= 0.3 is 0 Å². The van der Waals surface area contributed by atoms with E-state index in [-0.39, 0.29) is 12.5 Å². The smallest absolute Gasteiger partial charge is 0.257 e. The van der Waals surface area contributed by atoms with Crippen LogP contribution in [-0.4, -0.2) is 31.1 Å². The first kappa shape index (κ1) is 15.4. The Bertz CT molecular complexity index is 443. The van der Waals surface area contributed by atoms with Crippen molar-refractivity contribution in [2.24, 2.45) is 0 Å². The lowest BCUT2D eigenvalue weighted by atomic mass is 10.2. The van der Waals surface area contributed by atoms with Crippen LogP contribution in [0.1, 0.15) is 18.4 Å². The van der Waals surface area contributed by atoms with Crippen molar-refractivity contribution in [3.05, 3.63) is 29.8 Å². The van der Waals surface area contributed by atoms with Gasteiger partial charge in [0.2, 0.25) is 0 Å². The fourth-order valence-electron chi connectivity index (χ4n) is 1.48. The molecule has 0 fully saturated rings. The van der Waals surface area contributed by atoms with E-state index in [9.17, 15) is 4.79 Å². The zero-order valence-electron chi connectivity index (χ0n) is 11.0. The van der Waals surface area contributed by atoms with Gasteiger partial charge in [0.1, 0.15) is 11.8 Å². The van der Waals surface area contributed by atoms with Crippen molar-refractivity contribution in [3.8, 4) is 11.8 Å². The number of benzene rings is 1.